The first-order chi connectivity index (χ1) is 28.8. The summed E-state index contributed by atoms with van der Waals surface area (Å²) >= 11 is 0. The molecule has 0 saturated carbocycles. The molecule has 0 radical (unpaired) electrons. The first-order valence-electron chi connectivity index (χ1n) is 20.4. The molecule has 0 N–H and O–H groups in total. The van der Waals surface area contributed by atoms with Gasteiger partial charge in [-0.25, -0.2) is 0 Å². The number of unbranched alkanes of at least 4 members (excludes halogenated alkanes) is 5. The van der Waals surface area contributed by atoms with E-state index in [4.69, 9.17) is 33.2 Å². The van der Waals surface area contributed by atoms with Crippen LogP contribution in [0.3, 0.4) is 0 Å². The van der Waals surface area contributed by atoms with Crippen LogP contribution in [0.1, 0.15) is 77.6 Å². The molecule has 2 fully saturated rings. The molecule has 59 heavy (non-hydrogen) atoms. The van der Waals surface area contributed by atoms with Crippen LogP contribution in [0.4, 0.5) is 5.69 Å². The minimum Gasteiger partial charge on any atom is -0.493 e. The van der Waals surface area contributed by atoms with E-state index in [1.807, 2.05) is 35.4 Å². The molecule has 0 aromatic heterocycles. The normalized spacial score (nSPS) is 16.1. The Morgan fingerprint density at radius 3 is 1.93 bits per heavy atom. The van der Waals surface area contributed by atoms with Gasteiger partial charge in [-0.3, -0.25) is 19.4 Å². The highest BCUT2D eigenvalue weighted by Gasteiger charge is 2.33. The number of rotatable bonds is 19. The molecule has 0 spiro atoms. The molecule has 3 aromatic carbocycles. The minimum absolute atomic E-state index is 0.00115. The molecule has 3 heterocycles. The Labute approximate surface area is 346 Å². The van der Waals surface area contributed by atoms with Crippen LogP contribution < -0.4 is 33.2 Å². The third-order valence-corrected chi connectivity index (χ3v) is 10.9. The van der Waals surface area contributed by atoms with Gasteiger partial charge in [-0.05, 0) is 67.7 Å². The van der Waals surface area contributed by atoms with Crippen LogP contribution in [0.5, 0.6) is 40.2 Å². The first-order valence-corrected chi connectivity index (χ1v) is 20.4. The van der Waals surface area contributed by atoms with E-state index in [1.54, 1.807) is 54.4 Å². The van der Waals surface area contributed by atoms with Gasteiger partial charge in [0.25, 0.3) is 11.8 Å². The molecule has 3 aromatic rings. The zero-order chi connectivity index (χ0) is 41.7. The molecule has 14 heteroatoms. The summed E-state index contributed by atoms with van der Waals surface area (Å²) in [5.74, 6) is 3.36. The quantitative estimate of drug-likeness (QED) is 0.0934. The van der Waals surface area contributed by atoms with Crippen LogP contribution in [0.15, 0.2) is 53.5 Å². The van der Waals surface area contributed by atoms with Gasteiger partial charge in [-0.15, -0.1) is 0 Å². The van der Waals surface area contributed by atoms with Gasteiger partial charge in [-0.1, -0.05) is 31.7 Å². The van der Waals surface area contributed by atoms with Gasteiger partial charge < -0.3 is 47.9 Å². The molecule has 3 amide bonds. The van der Waals surface area contributed by atoms with Crippen molar-refractivity contribution < 1.29 is 47.5 Å². The average molecular weight is 813 g/mol. The second-order valence-corrected chi connectivity index (χ2v) is 14.6. The van der Waals surface area contributed by atoms with Gasteiger partial charge in [0.2, 0.25) is 11.7 Å². The minimum atomic E-state index is -0.171. The number of benzene rings is 3. The van der Waals surface area contributed by atoms with E-state index in [0.717, 1.165) is 63.5 Å². The van der Waals surface area contributed by atoms with E-state index in [9.17, 15) is 14.4 Å². The maximum Gasteiger partial charge on any atom is 0.256 e. The van der Waals surface area contributed by atoms with Crippen molar-refractivity contribution in [2.45, 2.75) is 57.4 Å². The van der Waals surface area contributed by atoms with Crippen molar-refractivity contribution in [3.63, 3.8) is 0 Å². The Hall–Kier alpha value is -5.92. The Morgan fingerprint density at radius 1 is 0.678 bits per heavy atom. The monoisotopic (exact) mass is 812 g/mol. The van der Waals surface area contributed by atoms with Crippen LogP contribution in [-0.2, 0) is 4.79 Å². The van der Waals surface area contributed by atoms with E-state index in [1.165, 1.54) is 21.3 Å². The van der Waals surface area contributed by atoms with Crippen LogP contribution >= 0.6 is 0 Å². The molecule has 0 bridgehead atoms. The number of hydrogen-bond acceptors (Lipinski definition) is 11. The summed E-state index contributed by atoms with van der Waals surface area (Å²) in [7, 11) is 7.72. The third kappa shape index (κ3) is 10.4. The predicted molar refractivity (Wildman–Crippen MR) is 225 cm³/mol. The van der Waals surface area contributed by atoms with Crippen LogP contribution in [0.2, 0.25) is 0 Å². The molecular formula is C45H56N4O10. The lowest BCUT2D eigenvalue weighted by molar-refractivity contribution is -0.127. The van der Waals surface area contributed by atoms with Crippen molar-refractivity contribution in [1.82, 2.24) is 14.7 Å². The van der Waals surface area contributed by atoms with E-state index in [-0.39, 0.29) is 23.8 Å². The lowest BCUT2D eigenvalue weighted by Gasteiger charge is -2.34. The van der Waals surface area contributed by atoms with Crippen molar-refractivity contribution in [2.24, 2.45) is 4.99 Å². The topological polar surface area (TPSA) is 138 Å². The van der Waals surface area contributed by atoms with Gasteiger partial charge in [0.1, 0.15) is 0 Å². The summed E-state index contributed by atoms with van der Waals surface area (Å²) in [5, 5.41) is 0. The number of aliphatic imine (C=N–C) groups is 1. The Kier molecular flexibility index (Phi) is 15.0. The maximum atomic E-state index is 13.3. The van der Waals surface area contributed by atoms with E-state index in [0.29, 0.717) is 96.5 Å². The van der Waals surface area contributed by atoms with Gasteiger partial charge in [-0.2, -0.15) is 0 Å². The molecule has 3 aliphatic rings. The van der Waals surface area contributed by atoms with E-state index in [2.05, 4.69) is 4.99 Å². The number of carbonyl (C=O) groups excluding carboxylic acids is 3. The van der Waals surface area contributed by atoms with Gasteiger partial charge in [0, 0.05) is 56.6 Å². The van der Waals surface area contributed by atoms with Gasteiger partial charge in [0.05, 0.1) is 66.1 Å². The summed E-state index contributed by atoms with van der Waals surface area (Å²) < 4.78 is 39.5. The van der Waals surface area contributed by atoms with Crippen LogP contribution in [-0.4, -0.2) is 126 Å². The first kappa shape index (κ1) is 42.7. The number of ether oxygens (including phenoxy) is 7. The standard InChI is InChI=1S/C45H56N4O10/c1-53-37-25-31(15-17-42(50)47-19-21-48(22-20-47)44(51)32-26-40(55-3)43(57-5)41(27-32)56-4)14-16-36(37)58-23-10-8-6-7-9-11-24-59-39-29-35-34(28-38(39)54-2)45(52)49-18-12-13-33(49)30-46-35/h14-17,25-30,33H,6-13,18-24H2,1-5H3/b17-15+/t33-/m0/s1. The smallest absolute Gasteiger partial charge is 0.256 e. The van der Waals surface area contributed by atoms with Crippen molar-refractivity contribution in [1.29, 1.82) is 0 Å². The predicted octanol–water partition coefficient (Wildman–Crippen LogP) is 6.85. The highest BCUT2D eigenvalue weighted by atomic mass is 16.5. The number of amides is 3. The summed E-state index contributed by atoms with van der Waals surface area (Å²) in [6.45, 7) is 3.51. The molecule has 1 atom stereocenters. The second kappa shape index (κ2) is 20.7. The lowest BCUT2D eigenvalue weighted by atomic mass is 10.1. The molecule has 3 aliphatic heterocycles. The van der Waals surface area contributed by atoms with Crippen molar-refractivity contribution >= 4 is 35.7 Å². The zero-order valence-corrected chi connectivity index (χ0v) is 34.8. The van der Waals surface area contributed by atoms with Gasteiger partial charge >= 0.3 is 0 Å². The summed E-state index contributed by atoms with van der Waals surface area (Å²) in [6.07, 6.45) is 13.2. The third-order valence-electron chi connectivity index (χ3n) is 10.9. The zero-order valence-electron chi connectivity index (χ0n) is 34.8. The summed E-state index contributed by atoms with van der Waals surface area (Å²) in [6, 6.07) is 12.5. The fourth-order valence-corrected chi connectivity index (χ4v) is 7.59. The molecule has 0 aliphatic carbocycles. The fraction of sp³-hybridized carbons (Fsp3) is 0.467. The number of methoxy groups -OCH3 is 5. The van der Waals surface area contributed by atoms with Crippen LogP contribution in [0, 0.1) is 0 Å². The van der Waals surface area contributed by atoms with E-state index >= 15 is 0 Å². The molecule has 14 nitrogen and oxygen atoms in total. The highest BCUT2D eigenvalue weighted by Crippen LogP contribution is 2.40. The second-order valence-electron chi connectivity index (χ2n) is 14.6. The Morgan fingerprint density at radius 2 is 1.29 bits per heavy atom. The fourth-order valence-electron chi connectivity index (χ4n) is 7.59. The largest absolute Gasteiger partial charge is 0.493 e. The summed E-state index contributed by atoms with van der Waals surface area (Å²) in [5.41, 5.74) is 2.43. The average Bonchev–Trinajstić information content (AvgIpc) is 3.71. The Bertz CT molecular complexity index is 1980. The number of carbonyl (C=O) groups is 3. The maximum absolute atomic E-state index is 13.3. The van der Waals surface area contributed by atoms with Crippen LogP contribution in [0.25, 0.3) is 6.08 Å². The van der Waals surface area contributed by atoms with Crippen molar-refractivity contribution in [2.75, 3.05) is 81.5 Å². The SMILES string of the molecule is COc1cc(/C=C/C(=O)N2CCN(C(=O)c3cc(OC)c(OC)c(OC)c3)CC2)ccc1OCCCCCCCCOc1cc2c(cc1OC)C(=O)N1CCC[C@H]1C=N2. The van der Waals surface area contributed by atoms with Gasteiger partial charge in [0.15, 0.2) is 34.5 Å². The number of hydrogen-bond donors (Lipinski definition) is 0. The number of piperazine rings is 1. The molecular weight excluding hydrogens is 757 g/mol. The number of nitrogens with zero attached hydrogens (tertiary/aromatic N) is 4. The molecule has 316 valence electrons. The van der Waals surface area contributed by atoms with E-state index < -0.39 is 0 Å². The van der Waals surface area contributed by atoms with Crippen molar-refractivity contribution in [3.8, 4) is 40.2 Å². The van der Waals surface area contributed by atoms with Crippen molar-refractivity contribution in [3.05, 3.63) is 65.2 Å². The highest BCUT2D eigenvalue weighted by molar-refractivity contribution is 6.03. The molecule has 2 saturated heterocycles. The lowest BCUT2D eigenvalue weighted by Crippen LogP contribution is -2.50. The molecule has 0 unspecified atom stereocenters. The molecule has 6 rings (SSSR count). The Balaban J connectivity index is 0.872. The number of fused-ring (bicyclic) bond motifs is 2. The summed E-state index contributed by atoms with van der Waals surface area (Å²) in [4.78, 5) is 49.4.